The summed E-state index contributed by atoms with van der Waals surface area (Å²) in [5, 5.41) is 2.60. The van der Waals surface area contributed by atoms with Gasteiger partial charge in [0.2, 0.25) is 0 Å². The highest BCUT2D eigenvalue weighted by Crippen LogP contribution is 1.96. The van der Waals surface area contributed by atoms with Crippen molar-refractivity contribution in [2.24, 2.45) is 0 Å². The molecule has 2 amide bonds. The number of hydrogen-bond donors (Lipinski definition) is 1. The van der Waals surface area contributed by atoms with Crippen LogP contribution in [-0.4, -0.2) is 43.1 Å². The summed E-state index contributed by atoms with van der Waals surface area (Å²) in [6, 6.07) is -0.192. The average molecular weight is 172 g/mol. The Morgan fingerprint density at radius 2 is 2.50 bits per heavy atom. The Morgan fingerprint density at radius 1 is 1.75 bits per heavy atom. The van der Waals surface area contributed by atoms with E-state index in [1.54, 1.807) is 6.92 Å². The van der Waals surface area contributed by atoms with Crippen LogP contribution >= 0.6 is 0 Å². The molecule has 0 radical (unpaired) electrons. The van der Waals surface area contributed by atoms with E-state index in [4.69, 9.17) is 4.74 Å². The van der Waals surface area contributed by atoms with E-state index in [1.165, 1.54) is 4.90 Å². The minimum Gasteiger partial charge on any atom is -0.465 e. The first-order valence-corrected chi connectivity index (χ1v) is 3.92. The van der Waals surface area contributed by atoms with Crippen molar-refractivity contribution in [1.29, 1.82) is 0 Å². The third-order valence-corrected chi connectivity index (χ3v) is 1.57. The van der Waals surface area contributed by atoms with Crippen molar-refractivity contribution in [2.75, 3.05) is 26.2 Å². The van der Waals surface area contributed by atoms with Gasteiger partial charge in [-0.1, -0.05) is 0 Å². The van der Waals surface area contributed by atoms with Crippen LogP contribution in [0.25, 0.3) is 0 Å². The molecule has 0 saturated carbocycles. The topological polar surface area (TPSA) is 58.6 Å². The first-order valence-electron chi connectivity index (χ1n) is 3.92. The minimum absolute atomic E-state index is 0.0552. The van der Waals surface area contributed by atoms with Gasteiger partial charge in [0.25, 0.3) is 0 Å². The number of nitrogens with zero attached hydrogens (tertiary/aromatic N) is 1. The Hall–Kier alpha value is -1.26. The van der Waals surface area contributed by atoms with Crippen molar-refractivity contribution in [3.63, 3.8) is 0 Å². The maximum Gasteiger partial charge on any atom is 0.325 e. The Labute approximate surface area is 70.7 Å². The van der Waals surface area contributed by atoms with Crippen LogP contribution in [0.3, 0.4) is 0 Å². The van der Waals surface area contributed by atoms with E-state index in [-0.39, 0.29) is 18.5 Å². The highest BCUT2D eigenvalue weighted by Gasteiger charge is 2.21. The molecule has 5 heteroatoms. The minimum atomic E-state index is -0.352. The molecule has 1 heterocycles. The standard InChI is InChI=1S/C7H12N2O3/c1-2-12-6(10)5-9-4-3-8-7(9)11/h2-5H2,1H3,(H,8,11). The third kappa shape index (κ3) is 2.11. The van der Waals surface area contributed by atoms with Crippen molar-refractivity contribution in [3.8, 4) is 0 Å². The van der Waals surface area contributed by atoms with Crippen molar-refractivity contribution >= 4 is 12.0 Å². The molecule has 0 aliphatic carbocycles. The lowest BCUT2D eigenvalue weighted by Gasteiger charge is -2.11. The second kappa shape index (κ2) is 3.94. The number of urea groups is 1. The molecular weight excluding hydrogens is 160 g/mol. The van der Waals surface area contributed by atoms with Crippen LogP contribution in [0, 0.1) is 0 Å². The van der Waals surface area contributed by atoms with E-state index in [0.29, 0.717) is 19.7 Å². The number of ether oxygens (including phenoxy) is 1. The van der Waals surface area contributed by atoms with Crippen molar-refractivity contribution in [3.05, 3.63) is 0 Å². The van der Waals surface area contributed by atoms with Gasteiger partial charge in [-0.25, -0.2) is 4.79 Å². The molecule has 1 aliphatic rings. The normalized spacial score (nSPS) is 16.1. The molecule has 0 aromatic rings. The van der Waals surface area contributed by atoms with Gasteiger partial charge in [-0.15, -0.1) is 0 Å². The second-order valence-electron chi connectivity index (χ2n) is 2.46. The lowest BCUT2D eigenvalue weighted by Crippen LogP contribution is -2.33. The molecule has 0 aromatic carbocycles. The summed E-state index contributed by atoms with van der Waals surface area (Å²) < 4.78 is 4.69. The van der Waals surface area contributed by atoms with Gasteiger partial charge in [0.05, 0.1) is 6.61 Å². The maximum absolute atomic E-state index is 10.9. The highest BCUT2D eigenvalue weighted by atomic mass is 16.5. The molecular formula is C7H12N2O3. The predicted octanol–water partition coefficient (Wildman–Crippen LogP) is -0.425. The largest absolute Gasteiger partial charge is 0.465 e. The molecule has 1 rings (SSSR count). The number of hydrogen-bond acceptors (Lipinski definition) is 3. The highest BCUT2D eigenvalue weighted by molar-refractivity contribution is 5.82. The van der Waals surface area contributed by atoms with Crippen LogP contribution in [0.5, 0.6) is 0 Å². The molecule has 0 bridgehead atoms. The Morgan fingerprint density at radius 3 is 3.00 bits per heavy atom. The van der Waals surface area contributed by atoms with Gasteiger partial charge >= 0.3 is 12.0 Å². The smallest absolute Gasteiger partial charge is 0.325 e. The third-order valence-electron chi connectivity index (χ3n) is 1.57. The molecule has 0 aromatic heterocycles. The summed E-state index contributed by atoms with van der Waals surface area (Å²) in [6.45, 7) is 3.34. The second-order valence-corrected chi connectivity index (χ2v) is 2.46. The van der Waals surface area contributed by atoms with Gasteiger partial charge in [0, 0.05) is 13.1 Å². The Bertz CT molecular complexity index is 193. The zero-order valence-corrected chi connectivity index (χ0v) is 7.00. The van der Waals surface area contributed by atoms with E-state index >= 15 is 0 Å². The van der Waals surface area contributed by atoms with Crippen LogP contribution in [0.1, 0.15) is 6.92 Å². The van der Waals surface area contributed by atoms with E-state index in [0.717, 1.165) is 0 Å². The van der Waals surface area contributed by atoms with Crippen molar-refractivity contribution in [1.82, 2.24) is 10.2 Å². The van der Waals surface area contributed by atoms with E-state index < -0.39 is 0 Å². The molecule has 5 nitrogen and oxygen atoms in total. The van der Waals surface area contributed by atoms with Crippen LogP contribution < -0.4 is 5.32 Å². The quantitative estimate of drug-likeness (QED) is 0.588. The lowest BCUT2D eigenvalue weighted by atomic mass is 10.5. The van der Waals surface area contributed by atoms with E-state index in [1.807, 2.05) is 0 Å². The number of nitrogens with one attached hydrogen (secondary N) is 1. The van der Waals surface area contributed by atoms with Crippen LogP contribution in [0.4, 0.5) is 4.79 Å². The average Bonchev–Trinajstić information content (AvgIpc) is 2.37. The first-order chi connectivity index (χ1) is 5.74. The fraction of sp³-hybridized carbons (Fsp3) is 0.714. The number of rotatable bonds is 3. The van der Waals surface area contributed by atoms with Crippen LogP contribution in [-0.2, 0) is 9.53 Å². The van der Waals surface area contributed by atoms with E-state index in [2.05, 4.69) is 5.32 Å². The van der Waals surface area contributed by atoms with Crippen molar-refractivity contribution < 1.29 is 14.3 Å². The summed E-state index contributed by atoms with van der Waals surface area (Å²) >= 11 is 0. The van der Waals surface area contributed by atoms with Crippen LogP contribution in [0.2, 0.25) is 0 Å². The number of carbonyl (C=O) groups excluding carboxylic acids is 2. The maximum atomic E-state index is 10.9. The lowest BCUT2D eigenvalue weighted by molar-refractivity contribution is -0.143. The molecule has 1 N–H and O–H groups in total. The van der Waals surface area contributed by atoms with Gasteiger partial charge in [0.1, 0.15) is 6.54 Å². The molecule has 0 spiro atoms. The predicted molar refractivity (Wildman–Crippen MR) is 41.6 cm³/mol. The summed E-state index contributed by atoms with van der Waals surface area (Å²) in [7, 11) is 0. The SMILES string of the molecule is CCOC(=O)CN1CCNC1=O. The van der Waals surface area contributed by atoms with Gasteiger partial charge in [-0.05, 0) is 6.92 Å². The molecule has 1 aliphatic heterocycles. The summed E-state index contributed by atoms with van der Waals surface area (Å²) in [5.74, 6) is -0.352. The Balaban J connectivity index is 2.30. The summed E-state index contributed by atoms with van der Waals surface area (Å²) in [6.07, 6.45) is 0. The summed E-state index contributed by atoms with van der Waals surface area (Å²) in [4.78, 5) is 23.3. The van der Waals surface area contributed by atoms with Gasteiger partial charge in [0.15, 0.2) is 0 Å². The molecule has 0 unspecified atom stereocenters. The van der Waals surface area contributed by atoms with Crippen molar-refractivity contribution in [2.45, 2.75) is 6.92 Å². The van der Waals surface area contributed by atoms with Gasteiger partial charge in [-0.2, -0.15) is 0 Å². The van der Waals surface area contributed by atoms with Gasteiger partial charge in [-0.3, -0.25) is 4.79 Å². The number of carbonyl (C=O) groups is 2. The molecule has 68 valence electrons. The molecule has 12 heavy (non-hydrogen) atoms. The Kier molecular flexibility index (Phi) is 2.90. The van der Waals surface area contributed by atoms with Crippen LogP contribution in [0.15, 0.2) is 0 Å². The zero-order chi connectivity index (χ0) is 8.97. The van der Waals surface area contributed by atoms with E-state index in [9.17, 15) is 9.59 Å². The molecule has 1 fully saturated rings. The number of amides is 2. The monoisotopic (exact) mass is 172 g/mol. The fourth-order valence-corrected chi connectivity index (χ4v) is 1.02. The zero-order valence-electron chi connectivity index (χ0n) is 7.00. The first kappa shape index (κ1) is 8.83. The summed E-state index contributed by atoms with van der Waals surface area (Å²) in [5.41, 5.74) is 0. The fourth-order valence-electron chi connectivity index (χ4n) is 1.02. The molecule has 0 atom stereocenters. The molecule has 1 saturated heterocycles. The van der Waals surface area contributed by atoms with Gasteiger partial charge < -0.3 is 15.0 Å². The number of esters is 1.